The number of aromatic nitrogens is 3. The molecule has 0 saturated carbocycles. The van der Waals surface area contributed by atoms with Crippen molar-refractivity contribution in [3.05, 3.63) is 58.9 Å². The van der Waals surface area contributed by atoms with Crippen molar-refractivity contribution in [2.45, 2.75) is 83.2 Å². The number of hydrogen-bond acceptors (Lipinski definition) is 6. The molecule has 0 aliphatic heterocycles. The number of hydrogen-bond donors (Lipinski definition) is 3. The van der Waals surface area contributed by atoms with Gasteiger partial charge in [0.1, 0.15) is 12.1 Å². The van der Waals surface area contributed by atoms with E-state index in [9.17, 15) is 9.59 Å². The predicted octanol–water partition coefficient (Wildman–Crippen LogP) is 7.36. The van der Waals surface area contributed by atoms with Crippen molar-refractivity contribution in [3.8, 4) is 5.75 Å². The van der Waals surface area contributed by atoms with E-state index in [4.69, 9.17) is 16.3 Å². The van der Waals surface area contributed by atoms with Gasteiger partial charge in [-0.2, -0.15) is 5.10 Å². The summed E-state index contributed by atoms with van der Waals surface area (Å²) in [6.45, 7) is 13.8. The standard InChI is InChI=1S/C30H40ClN5O3S/c1-7-29(3,4)20-11-14-25(22(16-20)30(5,6)8-2)39-15-9-10-26(37)34-21-12-13-23(31)24(17-21)35-27(38)18-40-28-32-19-33-36-28/h11-14,16-17,19H,7-10,15,18H2,1-6H3,(H,34,37)(H,35,38)(H,32,33,36). The fourth-order valence-corrected chi connectivity index (χ4v) is 4.67. The normalized spacial score (nSPS) is 11.8. The zero-order chi connectivity index (χ0) is 29.3. The lowest BCUT2D eigenvalue weighted by Gasteiger charge is -2.30. The molecule has 0 fully saturated rings. The average Bonchev–Trinajstić information content (AvgIpc) is 3.45. The van der Waals surface area contributed by atoms with Crippen LogP contribution in [-0.4, -0.2) is 39.4 Å². The fourth-order valence-electron chi connectivity index (χ4n) is 3.92. The molecule has 1 aromatic heterocycles. The number of amides is 2. The minimum atomic E-state index is -0.249. The second kappa shape index (κ2) is 14.0. The number of ether oxygens (including phenoxy) is 1. The van der Waals surface area contributed by atoms with Crippen LogP contribution >= 0.6 is 23.4 Å². The van der Waals surface area contributed by atoms with Crippen LogP contribution in [0.3, 0.4) is 0 Å². The molecule has 0 saturated heterocycles. The number of halogens is 1. The number of H-pyrrole nitrogens is 1. The predicted molar refractivity (Wildman–Crippen MR) is 164 cm³/mol. The Morgan fingerprint density at radius 2 is 1.75 bits per heavy atom. The lowest BCUT2D eigenvalue weighted by molar-refractivity contribution is -0.116. The number of nitrogens with zero attached hydrogens (tertiary/aromatic N) is 2. The van der Waals surface area contributed by atoms with Gasteiger partial charge in [-0.1, -0.05) is 77.0 Å². The molecule has 3 rings (SSSR count). The third-order valence-corrected chi connectivity index (χ3v) is 8.53. The molecule has 216 valence electrons. The largest absolute Gasteiger partial charge is 0.493 e. The highest BCUT2D eigenvalue weighted by molar-refractivity contribution is 7.99. The average molecular weight is 586 g/mol. The van der Waals surface area contributed by atoms with Gasteiger partial charge in [-0.3, -0.25) is 14.7 Å². The maximum absolute atomic E-state index is 12.6. The van der Waals surface area contributed by atoms with Gasteiger partial charge >= 0.3 is 0 Å². The molecule has 0 aliphatic rings. The summed E-state index contributed by atoms with van der Waals surface area (Å²) >= 11 is 7.48. The summed E-state index contributed by atoms with van der Waals surface area (Å²) in [6, 6.07) is 11.5. The smallest absolute Gasteiger partial charge is 0.234 e. The van der Waals surface area contributed by atoms with Crippen molar-refractivity contribution in [3.63, 3.8) is 0 Å². The van der Waals surface area contributed by atoms with E-state index in [1.54, 1.807) is 18.2 Å². The van der Waals surface area contributed by atoms with E-state index in [2.05, 4.69) is 85.6 Å². The van der Waals surface area contributed by atoms with E-state index >= 15 is 0 Å². The first-order valence-corrected chi connectivity index (χ1v) is 15.0. The highest BCUT2D eigenvalue weighted by Gasteiger charge is 2.26. The highest BCUT2D eigenvalue weighted by atomic mass is 35.5. The monoisotopic (exact) mass is 585 g/mol. The Hall–Kier alpha value is -3.04. The van der Waals surface area contributed by atoms with Crippen molar-refractivity contribution < 1.29 is 14.3 Å². The van der Waals surface area contributed by atoms with Crippen LogP contribution in [0.4, 0.5) is 11.4 Å². The Morgan fingerprint density at radius 3 is 2.42 bits per heavy atom. The number of aromatic amines is 1. The number of carbonyl (C=O) groups excluding carboxylic acids is 2. The number of thioether (sulfide) groups is 1. The van der Waals surface area contributed by atoms with E-state index in [0.717, 1.165) is 18.6 Å². The third kappa shape index (κ3) is 8.73. The van der Waals surface area contributed by atoms with Crippen LogP contribution in [0.1, 0.15) is 78.4 Å². The molecule has 0 aliphatic carbocycles. The van der Waals surface area contributed by atoms with Gasteiger partial charge in [0.25, 0.3) is 0 Å². The molecule has 0 radical (unpaired) electrons. The topological polar surface area (TPSA) is 109 Å². The van der Waals surface area contributed by atoms with E-state index in [-0.39, 0.29) is 28.4 Å². The molecule has 3 aromatic rings. The lowest BCUT2D eigenvalue weighted by Crippen LogP contribution is -2.21. The Labute approximate surface area is 246 Å². The van der Waals surface area contributed by atoms with Crippen LogP contribution in [0.25, 0.3) is 0 Å². The first kappa shape index (κ1) is 31.5. The van der Waals surface area contributed by atoms with Crippen LogP contribution < -0.4 is 15.4 Å². The van der Waals surface area contributed by atoms with Crippen LogP contribution in [0.5, 0.6) is 5.75 Å². The summed E-state index contributed by atoms with van der Waals surface area (Å²) in [5.74, 6) is 0.625. The summed E-state index contributed by atoms with van der Waals surface area (Å²) in [5.41, 5.74) is 3.55. The summed E-state index contributed by atoms with van der Waals surface area (Å²) < 4.78 is 6.20. The molecule has 1 heterocycles. The van der Waals surface area contributed by atoms with Crippen molar-refractivity contribution in [1.29, 1.82) is 0 Å². The number of anilines is 2. The molecular formula is C30H40ClN5O3S. The molecule has 10 heteroatoms. The highest BCUT2D eigenvalue weighted by Crippen LogP contribution is 2.38. The molecule has 0 atom stereocenters. The maximum atomic E-state index is 12.6. The summed E-state index contributed by atoms with van der Waals surface area (Å²) in [4.78, 5) is 28.9. The minimum absolute atomic E-state index is 0.0249. The van der Waals surface area contributed by atoms with Gasteiger partial charge in [0, 0.05) is 17.7 Å². The summed E-state index contributed by atoms with van der Waals surface area (Å²) in [7, 11) is 0. The van der Waals surface area contributed by atoms with Crippen molar-refractivity contribution in [2.24, 2.45) is 0 Å². The number of benzene rings is 2. The molecular weight excluding hydrogens is 546 g/mol. The molecule has 40 heavy (non-hydrogen) atoms. The first-order chi connectivity index (χ1) is 18.9. The quantitative estimate of drug-likeness (QED) is 0.135. The molecule has 0 unspecified atom stereocenters. The number of carbonyl (C=O) groups is 2. The van der Waals surface area contributed by atoms with Crippen molar-refractivity contribution >= 4 is 46.6 Å². The Kier molecular flexibility index (Phi) is 11.0. The third-order valence-electron chi connectivity index (χ3n) is 7.32. The minimum Gasteiger partial charge on any atom is -0.493 e. The zero-order valence-electron chi connectivity index (χ0n) is 24.2. The van der Waals surface area contributed by atoms with Crippen LogP contribution in [0.2, 0.25) is 5.02 Å². The zero-order valence-corrected chi connectivity index (χ0v) is 25.8. The van der Waals surface area contributed by atoms with E-state index in [0.29, 0.717) is 41.0 Å². The van der Waals surface area contributed by atoms with Gasteiger partial charge < -0.3 is 15.4 Å². The van der Waals surface area contributed by atoms with Gasteiger partial charge in [-0.25, -0.2) is 4.98 Å². The number of rotatable bonds is 14. The molecule has 3 N–H and O–H groups in total. The Bertz CT molecular complexity index is 1290. The fraction of sp³-hybridized carbons (Fsp3) is 0.467. The van der Waals surface area contributed by atoms with Gasteiger partial charge in [0.05, 0.1) is 23.1 Å². The first-order valence-electron chi connectivity index (χ1n) is 13.6. The Morgan fingerprint density at radius 1 is 1.00 bits per heavy atom. The molecule has 0 bridgehead atoms. The van der Waals surface area contributed by atoms with Crippen LogP contribution in [0, 0.1) is 0 Å². The second-order valence-corrected chi connectivity index (χ2v) is 12.4. The van der Waals surface area contributed by atoms with Crippen LogP contribution in [-0.2, 0) is 20.4 Å². The summed E-state index contributed by atoms with van der Waals surface area (Å²) in [6.07, 6.45) is 4.29. The molecule has 2 amide bonds. The van der Waals surface area contributed by atoms with E-state index in [1.807, 2.05) is 0 Å². The molecule has 8 nitrogen and oxygen atoms in total. The Balaban J connectivity index is 1.53. The van der Waals surface area contributed by atoms with E-state index in [1.165, 1.54) is 29.2 Å². The second-order valence-electron chi connectivity index (χ2n) is 11.0. The van der Waals surface area contributed by atoms with E-state index < -0.39 is 0 Å². The SMILES string of the molecule is CCC(C)(C)c1ccc(OCCCC(=O)Nc2ccc(Cl)c(NC(=O)CSc3ncn[nH]3)c2)c(C(C)(C)CC)c1. The lowest BCUT2D eigenvalue weighted by atomic mass is 9.76. The molecule has 0 spiro atoms. The van der Waals surface area contributed by atoms with Gasteiger partial charge in [-0.05, 0) is 59.9 Å². The summed E-state index contributed by atoms with van der Waals surface area (Å²) in [5, 5.41) is 13.0. The molecule has 2 aromatic carbocycles. The van der Waals surface area contributed by atoms with Crippen LogP contribution in [0.15, 0.2) is 47.9 Å². The van der Waals surface area contributed by atoms with Crippen molar-refractivity contribution in [2.75, 3.05) is 23.0 Å². The van der Waals surface area contributed by atoms with Gasteiger partial charge in [0.15, 0.2) is 5.16 Å². The maximum Gasteiger partial charge on any atom is 0.234 e. The van der Waals surface area contributed by atoms with Gasteiger partial charge in [0.2, 0.25) is 11.8 Å². The van der Waals surface area contributed by atoms with Crippen molar-refractivity contribution in [1.82, 2.24) is 15.2 Å². The van der Waals surface area contributed by atoms with Gasteiger partial charge in [-0.15, -0.1) is 0 Å². The number of nitrogens with one attached hydrogen (secondary N) is 3.